The fraction of sp³-hybridized carbons (Fsp3) is 0.182. The predicted octanol–water partition coefficient (Wildman–Crippen LogP) is 0.180. The largest absolute Gasteiger partial charge is 1.00 e. The average Bonchev–Trinajstić information content (AvgIpc) is 2.45. The van der Waals surface area contributed by atoms with Crippen LogP contribution in [0.3, 0.4) is 0 Å². The molecule has 0 aromatic heterocycles. The van der Waals surface area contributed by atoms with Crippen molar-refractivity contribution >= 4 is 10.8 Å². The van der Waals surface area contributed by atoms with Gasteiger partial charge >= 0.3 is 18.9 Å². The molecule has 56 valence electrons. The van der Waals surface area contributed by atoms with Gasteiger partial charge in [0.25, 0.3) is 0 Å². The summed E-state index contributed by atoms with van der Waals surface area (Å²) in [5.74, 6) is 0. The van der Waals surface area contributed by atoms with Gasteiger partial charge in [-0.25, -0.2) is 0 Å². The molecule has 0 atom stereocenters. The minimum Gasteiger partial charge on any atom is -0.168 e. The summed E-state index contributed by atoms with van der Waals surface area (Å²) in [7, 11) is 0. The predicted molar refractivity (Wildman–Crippen MR) is 49.0 cm³/mol. The molecule has 0 heterocycles. The van der Waals surface area contributed by atoms with Crippen LogP contribution < -0.4 is 18.9 Å². The van der Waals surface area contributed by atoms with Gasteiger partial charge in [-0.2, -0.15) is 12.1 Å². The van der Waals surface area contributed by atoms with Crippen molar-refractivity contribution in [2.45, 2.75) is 13.8 Å². The van der Waals surface area contributed by atoms with E-state index in [0.717, 1.165) is 0 Å². The van der Waals surface area contributed by atoms with Gasteiger partial charge in [0.2, 0.25) is 0 Å². The standard InChI is InChI=1S/C11H11.Li/c1-8-6-7-9(2)11-5-3-4-10(8)11;/h3-7H,1-2H3;/q-1;+1. The summed E-state index contributed by atoms with van der Waals surface area (Å²) in [6, 6.07) is 10.8. The number of rotatable bonds is 0. The maximum atomic E-state index is 2.18. The average molecular weight is 150 g/mol. The molecule has 12 heavy (non-hydrogen) atoms. The minimum atomic E-state index is 0. The van der Waals surface area contributed by atoms with Crippen LogP contribution in [0, 0.1) is 13.8 Å². The Hall–Kier alpha value is -0.573. The van der Waals surface area contributed by atoms with Crippen LogP contribution in [-0.4, -0.2) is 0 Å². The van der Waals surface area contributed by atoms with Crippen LogP contribution in [-0.2, 0) is 0 Å². The summed E-state index contributed by atoms with van der Waals surface area (Å²) in [6.45, 7) is 4.31. The Bertz CT molecular complexity index is 349. The summed E-state index contributed by atoms with van der Waals surface area (Å²) in [4.78, 5) is 0. The van der Waals surface area contributed by atoms with Crippen molar-refractivity contribution in [3.63, 3.8) is 0 Å². The fourth-order valence-electron chi connectivity index (χ4n) is 1.54. The Morgan fingerprint density at radius 3 is 2.33 bits per heavy atom. The van der Waals surface area contributed by atoms with Crippen molar-refractivity contribution in [3.8, 4) is 0 Å². The zero-order valence-corrected chi connectivity index (χ0v) is 7.89. The van der Waals surface area contributed by atoms with E-state index in [1.807, 2.05) is 0 Å². The Kier molecular flexibility index (Phi) is 2.72. The van der Waals surface area contributed by atoms with Crippen LogP contribution >= 0.6 is 0 Å². The van der Waals surface area contributed by atoms with Gasteiger partial charge in [-0.3, -0.25) is 0 Å². The molecule has 0 N–H and O–H groups in total. The molecule has 2 aromatic carbocycles. The maximum Gasteiger partial charge on any atom is 1.00 e. The van der Waals surface area contributed by atoms with E-state index in [0.29, 0.717) is 0 Å². The van der Waals surface area contributed by atoms with Crippen LogP contribution in [0.1, 0.15) is 11.1 Å². The topological polar surface area (TPSA) is 0 Å². The number of hydrogen-bond donors (Lipinski definition) is 0. The van der Waals surface area contributed by atoms with E-state index >= 15 is 0 Å². The third-order valence-corrected chi connectivity index (χ3v) is 2.25. The molecule has 0 nitrogen and oxygen atoms in total. The van der Waals surface area contributed by atoms with Gasteiger partial charge in [-0.1, -0.05) is 18.6 Å². The van der Waals surface area contributed by atoms with E-state index in [2.05, 4.69) is 44.2 Å². The van der Waals surface area contributed by atoms with Crippen LogP contribution in [0.15, 0.2) is 30.3 Å². The molecule has 0 saturated heterocycles. The van der Waals surface area contributed by atoms with Gasteiger partial charge in [0, 0.05) is 0 Å². The molecule has 2 aromatic rings. The van der Waals surface area contributed by atoms with Gasteiger partial charge in [-0.15, -0.1) is 28.5 Å². The molecule has 0 unspecified atom stereocenters. The van der Waals surface area contributed by atoms with Crippen molar-refractivity contribution in [2.24, 2.45) is 0 Å². The zero-order valence-electron chi connectivity index (χ0n) is 7.89. The Balaban J connectivity index is 0.000000720. The van der Waals surface area contributed by atoms with Crippen LogP contribution in [0.5, 0.6) is 0 Å². The normalized spacial score (nSPS) is 9.83. The van der Waals surface area contributed by atoms with E-state index in [1.165, 1.54) is 21.9 Å². The third kappa shape index (κ3) is 1.33. The summed E-state index contributed by atoms with van der Waals surface area (Å²) in [6.07, 6.45) is 0. The molecule has 0 aliphatic heterocycles. The molecule has 0 saturated carbocycles. The van der Waals surface area contributed by atoms with E-state index in [-0.39, 0.29) is 18.9 Å². The molecule has 0 spiro atoms. The van der Waals surface area contributed by atoms with Crippen LogP contribution in [0.4, 0.5) is 0 Å². The number of fused-ring (bicyclic) bond motifs is 1. The Labute approximate surface area is 85.1 Å². The van der Waals surface area contributed by atoms with Crippen LogP contribution in [0.25, 0.3) is 10.8 Å². The SMILES string of the molecule is Cc1ccc(C)c2[cH-]ccc12.[Li+]. The van der Waals surface area contributed by atoms with Crippen molar-refractivity contribution < 1.29 is 18.9 Å². The number of hydrogen-bond acceptors (Lipinski definition) is 0. The Morgan fingerprint density at radius 2 is 1.67 bits per heavy atom. The molecule has 0 aliphatic rings. The molecule has 2 rings (SSSR count). The minimum absolute atomic E-state index is 0. The second-order valence-electron chi connectivity index (χ2n) is 3.05. The van der Waals surface area contributed by atoms with Gasteiger partial charge < -0.3 is 0 Å². The third-order valence-electron chi connectivity index (χ3n) is 2.25. The molecular weight excluding hydrogens is 139 g/mol. The Morgan fingerprint density at radius 1 is 1.00 bits per heavy atom. The van der Waals surface area contributed by atoms with Gasteiger partial charge in [0.15, 0.2) is 0 Å². The van der Waals surface area contributed by atoms with Crippen LogP contribution in [0.2, 0.25) is 0 Å². The van der Waals surface area contributed by atoms with E-state index in [1.54, 1.807) is 0 Å². The first kappa shape index (κ1) is 9.51. The zero-order chi connectivity index (χ0) is 7.84. The van der Waals surface area contributed by atoms with Crippen molar-refractivity contribution in [3.05, 3.63) is 41.5 Å². The number of aryl methyl sites for hydroxylation is 2. The summed E-state index contributed by atoms with van der Waals surface area (Å²) >= 11 is 0. The smallest absolute Gasteiger partial charge is 0.168 e. The van der Waals surface area contributed by atoms with Gasteiger partial charge in [0.1, 0.15) is 0 Å². The second-order valence-corrected chi connectivity index (χ2v) is 3.05. The molecule has 1 heteroatoms. The molecule has 0 amide bonds. The van der Waals surface area contributed by atoms with Crippen molar-refractivity contribution in [1.29, 1.82) is 0 Å². The van der Waals surface area contributed by atoms with E-state index in [4.69, 9.17) is 0 Å². The van der Waals surface area contributed by atoms with Crippen molar-refractivity contribution in [1.82, 2.24) is 0 Å². The summed E-state index contributed by atoms with van der Waals surface area (Å²) in [5, 5.41) is 2.79. The molecule has 0 bridgehead atoms. The van der Waals surface area contributed by atoms with Crippen molar-refractivity contribution in [2.75, 3.05) is 0 Å². The molecule has 0 aliphatic carbocycles. The quantitative estimate of drug-likeness (QED) is 0.371. The summed E-state index contributed by atoms with van der Waals surface area (Å²) < 4.78 is 0. The van der Waals surface area contributed by atoms with Gasteiger partial charge in [-0.05, 0) is 6.92 Å². The molecule has 0 fully saturated rings. The first-order chi connectivity index (χ1) is 5.29. The fourth-order valence-corrected chi connectivity index (χ4v) is 1.54. The first-order valence-electron chi connectivity index (χ1n) is 3.90. The first-order valence-corrected chi connectivity index (χ1v) is 3.90. The second kappa shape index (κ2) is 3.43. The van der Waals surface area contributed by atoms with E-state index in [9.17, 15) is 0 Å². The summed E-state index contributed by atoms with van der Waals surface area (Å²) in [5.41, 5.74) is 2.74. The number of benzene rings is 1. The monoisotopic (exact) mass is 150 g/mol. The van der Waals surface area contributed by atoms with Gasteiger partial charge in [0.05, 0.1) is 0 Å². The molecule has 0 radical (unpaired) electrons. The maximum absolute atomic E-state index is 2.18. The molecular formula is C11H11Li. The van der Waals surface area contributed by atoms with E-state index < -0.39 is 0 Å².